The Balaban J connectivity index is 1.91. The van der Waals surface area contributed by atoms with Crippen LogP contribution in [-0.4, -0.2) is 36.6 Å². The fourth-order valence-electron chi connectivity index (χ4n) is 3.39. The first kappa shape index (κ1) is 16.4. The molecule has 2 rings (SSSR count). The van der Waals surface area contributed by atoms with Gasteiger partial charge in [0.2, 0.25) is 0 Å². The SMILES string of the molecule is CCC1CCN(CC(C)C(NC)c2ccc(F)cn2)CC1. The van der Waals surface area contributed by atoms with Gasteiger partial charge in [-0.05, 0) is 56.9 Å². The first-order valence-corrected chi connectivity index (χ1v) is 8.15. The zero-order valence-electron chi connectivity index (χ0n) is 13.5. The molecule has 1 aliphatic heterocycles. The zero-order chi connectivity index (χ0) is 15.2. The van der Waals surface area contributed by atoms with Crippen LogP contribution in [0.4, 0.5) is 4.39 Å². The molecule has 0 amide bonds. The molecule has 2 heterocycles. The van der Waals surface area contributed by atoms with Crippen molar-refractivity contribution in [1.29, 1.82) is 0 Å². The molecule has 1 N–H and O–H groups in total. The first-order valence-electron chi connectivity index (χ1n) is 8.15. The van der Waals surface area contributed by atoms with E-state index in [2.05, 4.69) is 29.0 Å². The van der Waals surface area contributed by atoms with Crippen LogP contribution in [0.3, 0.4) is 0 Å². The van der Waals surface area contributed by atoms with Crippen molar-refractivity contribution < 1.29 is 4.39 Å². The minimum Gasteiger partial charge on any atom is -0.311 e. The Labute approximate surface area is 127 Å². The second-order valence-electron chi connectivity index (χ2n) is 6.30. The van der Waals surface area contributed by atoms with Crippen LogP contribution < -0.4 is 5.32 Å². The molecule has 118 valence electrons. The molecule has 0 bridgehead atoms. The molecule has 0 spiro atoms. The standard InChI is InChI=1S/C17H28FN3/c1-4-14-7-9-21(10-8-14)12-13(2)17(19-3)16-6-5-15(18)11-20-16/h5-6,11,13-14,17,19H,4,7-10,12H2,1-3H3. The van der Waals surface area contributed by atoms with Gasteiger partial charge in [-0.15, -0.1) is 0 Å². The lowest BCUT2D eigenvalue weighted by Crippen LogP contribution is -2.39. The third-order valence-electron chi connectivity index (χ3n) is 4.78. The third kappa shape index (κ3) is 4.48. The Morgan fingerprint density at radius 1 is 1.38 bits per heavy atom. The van der Waals surface area contributed by atoms with Gasteiger partial charge in [-0.1, -0.05) is 20.3 Å². The minimum atomic E-state index is -0.275. The van der Waals surface area contributed by atoms with E-state index >= 15 is 0 Å². The summed E-state index contributed by atoms with van der Waals surface area (Å²) >= 11 is 0. The monoisotopic (exact) mass is 293 g/mol. The maximum absolute atomic E-state index is 13.0. The van der Waals surface area contributed by atoms with Gasteiger partial charge in [0.15, 0.2) is 0 Å². The summed E-state index contributed by atoms with van der Waals surface area (Å²) in [5, 5.41) is 3.34. The highest BCUT2D eigenvalue weighted by molar-refractivity contribution is 5.11. The Morgan fingerprint density at radius 2 is 2.10 bits per heavy atom. The predicted octanol–water partition coefficient (Wildman–Crippen LogP) is 3.24. The molecule has 21 heavy (non-hydrogen) atoms. The van der Waals surface area contributed by atoms with Crippen molar-refractivity contribution in [3.05, 3.63) is 29.8 Å². The summed E-state index contributed by atoms with van der Waals surface area (Å²) < 4.78 is 13.0. The lowest BCUT2D eigenvalue weighted by atomic mass is 9.92. The average Bonchev–Trinajstić information content (AvgIpc) is 2.50. The molecule has 1 saturated heterocycles. The lowest BCUT2D eigenvalue weighted by molar-refractivity contribution is 0.150. The maximum Gasteiger partial charge on any atom is 0.141 e. The van der Waals surface area contributed by atoms with Crippen LogP contribution in [-0.2, 0) is 0 Å². The summed E-state index contributed by atoms with van der Waals surface area (Å²) in [4.78, 5) is 6.79. The van der Waals surface area contributed by atoms with Gasteiger partial charge in [-0.2, -0.15) is 0 Å². The normalized spacial score (nSPS) is 20.4. The molecule has 1 aromatic heterocycles. The van der Waals surface area contributed by atoms with Gasteiger partial charge < -0.3 is 10.2 Å². The summed E-state index contributed by atoms with van der Waals surface area (Å²) in [6.07, 6.45) is 5.26. The Morgan fingerprint density at radius 3 is 2.62 bits per heavy atom. The molecule has 2 unspecified atom stereocenters. The van der Waals surface area contributed by atoms with Crippen molar-refractivity contribution in [2.75, 3.05) is 26.7 Å². The highest BCUT2D eigenvalue weighted by atomic mass is 19.1. The summed E-state index contributed by atoms with van der Waals surface area (Å²) in [6.45, 7) is 8.02. The van der Waals surface area contributed by atoms with Gasteiger partial charge in [-0.3, -0.25) is 4.98 Å². The van der Waals surface area contributed by atoms with Gasteiger partial charge in [0.25, 0.3) is 0 Å². The van der Waals surface area contributed by atoms with E-state index < -0.39 is 0 Å². The molecule has 0 radical (unpaired) electrons. The van der Waals surface area contributed by atoms with E-state index in [1.807, 2.05) is 7.05 Å². The second kappa shape index (κ2) is 7.85. The number of nitrogens with zero attached hydrogens (tertiary/aromatic N) is 2. The van der Waals surface area contributed by atoms with Gasteiger partial charge in [0.05, 0.1) is 17.9 Å². The van der Waals surface area contributed by atoms with Crippen LogP contribution >= 0.6 is 0 Å². The van der Waals surface area contributed by atoms with Crippen molar-refractivity contribution in [3.63, 3.8) is 0 Å². The van der Waals surface area contributed by atoms with Gasteiger partial charge >= 0.3 is 0 Å². The predicted molar refractivity (Wildman–Crippen MR) is 84.6 cm³/mol. The van der Waals surface area contributed by atoms with Gasteiger partial charge in [-0.25, -0.2) is 4.39 Å². The molecule has 4 heteroatoms. The number of hydrogen-bond acceptors (Lipinski definition) is 3. The van der Waals surface area contributed by atoms with E-state index in [1.165, 1.54) is 44.6 Å². The van der Waals surface area contributed by atoms with E-state index in [1.54, 1.807) is 6.07 Å². The number of nitrogens with one attached hydrogen (secondary N) is 1. The van der Waals surface area contributed by atoms with E-state index in [4.69, 9.17) is 0 Å². The van der Waals surface area contributed by atoms with Gasteiger partial charge in [0, 0.05) is 6.54 Å². The summed E-state index contributed by atoms with van der Waals surface area (Å²) in [6, 6.07) is 3.46. The van der Waals surface area contributed by atoms with E-state index in [9.17, 15) is 4.39 Å². The number of piperidine rings is 1. The van der Waals surface area contributed by atoms with Crippen molar-refractivity contribution in [2.45, 2.75) is 39.2 Å². The van der Waals surface area contributed by atoms with E-state index in [0.29, 0.717) is 5.92 Å². The van der Waals surface area contributed by atoms with Crippen molar-refractivity contribution in [1.82, 2.24) is 15.2 Å². The van der Waals surface area contributed by atoms with Crippen LogP contribution in [0.25, 0.3) is 0 Å². The quantitative estimate of drug-likeness (QED) is 0.873. The first-order chi connectivity index (χ1) is 10.1. The number of halogens is 1. The van der Waals surface area contributed by atoms with Crippen LogP contribution in [0.5, 0.6) is 0 Å². The molecule has 3 nitrogen and oxygen atoms in total. The van der Waals surface area contributed by atoms with Crippen LogP contribution in [0.1, 0.15) is 44.8 Å². The molecule has 1 fully saturated rings. The Hall–Kier alpha value is -1.00. The van der Waals surface area contributed by atoms with Crippen molar-refractivity contribution in [3.8, 4) is 0 Å². The molecular weight excluding hydrogens is 265 g/mol. The number of hydrogen-bond donors (Lipinski definition) is 1. The summed E-state index contributed by atoms with van der Waals surface area (Å²) in [7, 11) is 1.95. The lowest BCUT2D eigenvalue weighted by Gasteiger charge is -2.35. The maximum atomic E-state index is 13.0. The molecule has 0 saturated carbocycles. The van der Waals surface area contributed by atoms with Crippen LogP contribution in [0.2, 0.25) is 0 Å². The second-order valence-corrected chi connectivity index (χ2v) is 6.30. The topological polar surface area (TPSA) is 28.2 Å². The fourth-order valence-corrected chi connectivity index (χ4v) is 3.39. The highest BCUT2D eigenvalue weighted by Gasteiger charge is 2.24. The van der Waals surface area contributed by atoms with Crippen LogP contribution in [0, 0.1) is 17.7 Å². The van der Waals surface area contributed by atoms with E-state index in [-0.39, 0.29) is 11.9 Å². The van der Waals surface area contributed by atoms with Crippen molar-refractivity contribution >= 4 is 0 Å². The minimum absolute atomic E-state index is 0.175. The Bertz CT molecular complexity index is 413. The highest BCUT2D eigenvalue weighted by Crippen LogP contribution is 2.24. The molecular formula is C17H28FN3. The van der Waals surface area contributed by atoms with Crippen LogP contribution in [0.15, 0.2) is 18.3 Å². The molecule has 2 atom stereocenters. The molecule has 0 aliphatic carbocycles. The zero-order valence-corrected chi connectivity index (χ0v) is 13.5. The molecule has 0 aromatic carbocycles. The largest absolute Gasteiger partial charge is 0.311 e. The number of aromatic nitrogens is 1. The number of pyridine rings is 1. The Kier molecular flexibility index (Phi) is 6.12. The number of rotatable bonds is 6. The van der Waals surface area contributed by atoms with Gasteiger partial charge in [0.1, 0.15) is 5.82 Å². The third-order valence-corrected chi connectivity index (χ3v) is 4.78. The summed E-state index contributed by atoms with van der Waals surface area (Å²) in [5.74, 6) is 1.09. The average molecular weight is 293 g/mol. The fraction of sp³-hybridized carbons (Fsp3) is 0.706. The molecule has 1 aliphatic rings. The molecule has 1 aromatic rings. The smallest absolute Gasteiger partial charge is 0.141 e. The number of likely N-dealkylation sites (tertiary alicyclic amines) is 1. The van der Waals surface area contributed by atoms with Crippen molar-refractivity contribution in [2.24, 2.45) is 11.8 Å². The summed E-state index contributed by atoms with van der Waals surface area (Å²) in [5.41, 5.74) is 0.926. The van der Waals surface area contributed by atoms with E-state index in [0.717, 1.165) is 18.2 Å².